The molecule has 0 aromatic carbocycles. The van der Waals surface area contributed by atoms with E-state index < -0.39 is 0 Å². The van der Waals surface area contributed by atoms with Crippen molar-refractivity contribution in [2.45, 2.75) is 131 Å². The smallest absolute Gasteiger partial charge is 0.323 e. The number of hydrogen-bond acceptors (Lipinski definition) is 5. The molecule has 1 aliphatic carbocycles. The third-order valence-electron chi connectivity index (χ3n) is 5.73. The highest BCUT2D eigenvalue weighted by Crippen LogP contribution is 2.30. The number of ether oxygens (including phenoxy) is 2. The fraction of sp³-hybridized carbons (Fsp3) is 0.958. The van der Waals surface area contributed by atoms with Crippen molar-refractivity contribution in [1.29, 1.82) is 0 Å². The normalized spacial score (nSPS) is 24.8. The van der Waals surface area contributed by atoms with E-state index >= 15 is 0 Å². The minimum Gasteiger partial charge on any atom is -0.461 e. The molecule has 0 aromatic rings. The highest BCUT2D eigenvalue weighted by Gasteiger charge is 2.27. The van der Waals surface area contributed by atoms with Crippen LogP contribution in [0.2, 0.25) is 0 Å². The van der Waals surface area contributed by atoms with E-state index in [0.29, 0.717) is 18.0 Å². The van der Waals surface area contributed by atoms with E-state index in [-0.39, 0.29) is 35.7 Å². The monoisotopic (exact) mass is 412 g/mol. The van der Waals surface area contributed by atoms with Crippen molar-refractivity contribution in [3.8, 4) is 0 Å². The predicted molar refractivity (Wildman–Crippen MR) is 121 cm³/mol. The van der Waals surface area contributed by atoms with Crippen LogP contribution >= 0.6 is 0 Å². The van der Waals surface area contributed by atoms with E-state index in [2.05, 4.69) is 52.2 Å². The molecule has 0 radical (unpaired) electrons. The van der Waals surface area contributed by atoms with Gasteiger partial charge in [-0.15, -0.1) is 0 Å². The van der Waals surface area contributed by atoms with E-state index in [0.717, 1.165) is 32.3 Å². The molecule has 1 saturated carbocycles. The zero-order valence-electron chi connectivity index (χ0n) is 20.5. The van der Waals surface area contributed by atoms with E-state index in [1.807, 2.05) is 20.8 Å². The van der Waals surface area contributed by atoms with E-state index in [9.17, 15) is 4.79 Å². The highest BCUT2D eigenvalue weighted by molar-refractivity contribution is 5.75. The average molecular weight is 413 g/mol. The predicted octanol–water partition coefficient (Wildman–Crippen LogP) is 4.68. The zero-order valence-corrected chi connectivity index (χ0v) is 20.5. The van der Waals surface area contributed by atoms with Crippen LogP contribution in [-0.2, 0) is 14.3 Å². The molecule has 0 saturated heterocycles. The number of hydrogen-bond donors (Lipinski definition) is 2. The summed E-state index contributed by atoms with van der Waals surface area (Å²) in [4.78, 5) is 12.2. The molecular formula is C24H48N2O3. The lowest BCUT2D eigenvalue weighted by Gasteiger charge is -2.33. The van der Waals surface area contributed by atoms with Gasteiger partial charge < -0.3 is 20.1 Å². The van der Waals surface area contributed by atoms with Gasteiger partial charge in [0.15, 0.2) is 0 Å². The van der Waals surface area contributed by atoms with Crippen molar-refractivity contribution in [2.24, 2.45) is 11.3 Å². The first-order chi connectivity index (χ1) is 13.4. The van der Waals surface area contributed by atoms with Gasteiger partial charge in [-0.25, -0.2) is 0 Å². The van der Waals surface area contributed by atoms with E-state index in [1.165, 1.54) is 6.42 Å². The van der Waals surface area contributed by atoms with Crippen LogP contribution in [0.3, 0.4) is 0 Å². The summed E-state index contributed by atoms with van der Waals surface area (Å²) in [5.41, 5.74) is 0.199. The third kappa shape index (κ3) is 11.4. The zero-order chi connectivity index (χ0) is 22.2. The van der Waals surface area contributed by atoms with Crippen LogP contribution in [-0.4, -0.2) is 49.0 Å². The quantitative estimate of drug-likeness (QED) is 0.482. The van der Waals surface area contributed by atoms with Crippen molar-refractivity contribution >= 4 is 5.97 Å². The number of esters is 1. The second-order valence-corrected chi connectivity index (χ2v) is 10.8. The van der Waals surface area contributed by atoms with Crippen LogP contribution < -0.4 is 10.6 Å². The van der Waals surface area contributed by atoms with Crippen molar-refractivity contribution in [3.63, 3.8) is 0 Å². The lowest BCUT2D eigenvalue weighted by atomic mass is 9.83. The summed E-state index contributed by atoms with van der Waals surface area (Å²) in [5, 5.41) is 6.94. The number of carbonyl (C=O) groups excluding carboxylic acids is 1. The molecule has 0 bridgehead atoms. The Kier molecular flexibility index (Phi) is 11.2. The maximum Gasteiger partial charge on any atom is 0.323 e. The van der Waals surface area contributed by atoms with Crippen LogP contribution in [0.1, 0.15) is 94.4 Å². The van der Waals surface area contributed by atoms with Gasteiger partial charge in [0.2, 0.25) is 0 Å². The van der Waals surface area contributed by atoms with Gasteiger partial charge in [-0.05, 0) is 71.1 Å². The molecule has 29 heavy (non-hydrogen) atoms. The first-order valence-corrected chi connectivity index (χ1v) is 11.7. The van der Waals surface area contributed by atoms with Crippen LogP contribution in [0.25, 0.3) is 0 Å². The Morgan fingerprint density at radius 1 is 0.966 bits per heavy atom. The summed E-state index contributed by atoms with van der Waals surface area (Å²) in [6.07, 6.45) is 5.70. The van der Waals surface area contributed by atoms with Crippen molar-refractivity contribution < 1.29 is 14.3 Å². The molecule has 1 aliphatic rings. The maximum absolute atomic E-state index is 12.2. The lowest BCUT2D eigenvalue weighted by molar-refractivity contribution is -0.153. The van der Waals surface area contributed by atoms with Crippen LogP contribution in [0.5, 0.6) is 0 Å². The van der Waals surface area contributed by atoms with Crippen LogP contribution in [0.4, 0.5) is 0 Å². The Hall–Kier alpha value is -0.650. The SMILES string of the molecule is CC(C)NC(C)C(=O)OC1CCC(CC(C)NC(C)C(C)OCC(C)(C)C)CC1. The molecule has 0 aromatic heterocycles. The first-order valence-electron chi connectivity index (χ1n) is 11.7. The molecule has 2 N–H and O–H groups in total. The Morgan fingerprint density at radius 3 is 2.07 bits per heavy atom. The highest BCUT2D eigenvalue weighted by atomic mass is 16.5. The summed E-state index contributed by atoms with van der Waals surface area (Å²) < 4.78 is 11.8. The number of nitrogens with one attached hydrogen (secondary N) is 2. The third-order valence-corrected chi connectivity index (χ3v) is 5.73. The first kappa shape index (κ1) is 26.4. The molecule has 5 heteroatoms. The Morgan fingerprint density at radius 2 is 1.55 bits per heavy atom. The molecule has 1 fully saturated rings. The molecule has 0 spiro atoms. The molecule has 4 unspecified atom stereocenters. The molecule has 0 amide bonds. The Bertz CT molecular complexity index is 467. The van der Waals surface area contributed by atoms with Crippen LogP contribution in [0.15, 0.2) is 0 Å². The maximum atomic E-state index is 12.2. The van der Waals surface area contributed by atoms with Gasteiger partial charge in [-0.2, -0.15) is 0 Å². The van der Waals surface area contributed by atoms with Crippen LogP contribution in [0, 0.1) is 11.3 Å². The van der Waals surface area contributed by atoms with Gasteiger partial charge in [0, 0.05) is 18.1 Å². The van der Waals surface area contributed by atoms with E-state index in [4.69, 9.17) is 9.47 Å². The van der Waals surface area contributed by atoms with Gasteiger partial charge in [0.1, 0.15) is 12.1 Å². The van der Waals surface area contributed by atoms with Gasteiger partial charge in [-0.1, -0.05) is 34.6 Å². The Labute approximate surface area is 180 Å². The second-order valence-electron chi connectivity index (χ2n) is 10.8. The minimum absolute atomic E-state index is 0.0863. The topological polar surface area (TPSA) is 59.6 Å². The summed E-state index contributed by atoms with van der Waals surface area (Å²) in [5.74, 6) is 0.590. The van der Waals surface area contributed by atoms with Gasteiger partial charge >= 0.3 is 5.97 Å². The van der Waals surface area contributed by atoms with Gasteiger partial charge in [0.05, 0.1) is 12.7 Å². The molecule has 1 rings (SSSR count). The molecule has 4 atom stereocenters. The summed E-state index contributed by atoms with van der Waals surface area (Å²) in [6.45, 7) is 20.0. The molecule has 172 valence electrons. The van der Waals surface area contributed by atoms with Crippen molar-refractivity contribution in [3.05, 3.63) is 0 Å². The second kappa shape index (κ2) is 12.3. The standard InChI is InChI=1S/C24H48N2O3/c1-16(2)25-19(5)23(27)29-22-12-10-21(11-13-22)14-17(3)26-18(4)20(6)28-15-24(7,8)9/h16-22,25-26H,10-15H2,1-9H3. The molecular weight excluding hydrogens is 364 g/mol. The largest absolute Gasteiger partial charge is 0.461 e. The molecule has 0 heterocycles. The number of rotatable bonds is 11. The molecule has 5 nitrogen and oxygen atoms in total. The fourth-order valence-electron chi connectivity index (χ4n) is 4.00. The van der Waals surface area contributed by atoms with Gasteiger partial charge in [-0.3, -0.25) is 4.79 Å². The Balaban J connectivity index is 2.29. The summed E-state index contributed by atoms with van der Waals surface area (Å²) in [7, 11) is 0. The average Bonchev–Trinajstić information content (AvgIpc) is 2.59. The molecule has 0 aliphatic heterocycles. The lowest BCUT2D eigenvalue weighted by Crippen LogP contribution is -2.44. The van der Waals surface area contributed by atoms with Crippen molar-refractivity contribution in [2.75, 3.05) is 6.61 Å². The van der Waals surface area contributed by atoms with E-state index in [1.54, 1.807) is 0 Å². The number of carbonyl (C=O) groups is 1. The summed E-state index contributed by atoms with van der Waals surface area (Å²) >= 11 is 0. The van der Waals surface area contributed by atoms with Gasteiger partial charge in [0.25, 0.3) is 0 Å². The minimum atomic E-state index is -0.235. The summed E-state index contributed by atoms with van der Waals surface area (Å²) in [6, 6.07) is 0.844. The van der Waals surface area contributed by atoms with Crippen molar-refractivity contribution in [1.82, 2.24) is 10.6 Å². The fourth-order valence-corrected chi connectivity index (χ4v) is 4.00.